The highest BCUT2D eigenvalue weighted by Crippen LogP contribution is 2.32. The first-order valence-corrected chi connectivity index (χ1v) is 6.58. The molecule has 3 aromatic heterocycles. The molecule has 0 aromatic carbocycles. The number of rotatable bonds is 3. The Morgan fingerprint density at radius 2 is 2.17 bits per heavy atom. The average molecular weight is 260 g/mol. The Morgan fingerprint density at radius 3 is 2.89 bits per heavy atom. The molecular formula is C13H12N2O2S. The maximum Gasteiger partial charge on any atom is 0.245 e. The number of furan rings is 1. The first-order valence-electron chi connectivity index (χ1n) is 5.70. The van der Waals surface area contributed by atoms with E-state index in [1.54, 1.807) is 23.7 Å². The van der Waals surface area contributed by atoms with Crippen LogP contribution in [0.1, 0.15) is 13.8 Å². The van der Waals surface area contributed by atoms with Gasteiger partial charge in [-0.05, 0) is 25.3 Å². The van der Waals surface area contributed by atoms with Gasteiger partial charge in [-0.25, -0.2) is 9.97 Å². The van der Waals surface area contributed by atoms with E-state index in [0.717, 1.165) is 10.6 Å². The zero-order valence-corrected chi connectivity index (χ0v) is 10.9. The predicted octanol–water partition coefficient (Wildman–Crippen LogP) is 3.74. The maximum absolute atomic E-state index is 5.74. The van der Waals surface area contributed by atoms with Crippen LogP contribution in [0, 0.1) is 0 Å². The molecule has 0 aliphatic carbocycles. The van der Waals surface area contributed by atoms with Gasteiger partial charge < -0.3 is 9.15 Å². The van der Waals surface area contributed by atoms with Crippen molar-refractivity contribution in [2.24, 2.45) is 0 Å². The summed E-state index contributed by atoms with van der Waals surface area (Å²) in [5.41, 5.74) is 1.99. The first kappa shape index (κ1) is 11.2. The van der Waals surface area contributed by atoms with Crippen LogP contribution in [0.5, 0.6) is 5.88 Å². The van der Waals surface area contributed by atoms with E-state index in [-0.39, 0.29) is 6.10 Å². The molecule has 3 aromatic rings. The van der Waals surface area contributed by atoms with Crippen LogP contribution < -0.4 is 4.74 Å². The van der Waals surface area contributed by atoms with Crippen LogP contribution in [-0.4, -0.2) is 16.1 Å². The Morgan fingerprint density at radius 1 is 1.28 bits per heavy atom. The number of ether oxygens (including phenoxy) is 1. The molecule has 0 fully saturated rings. The van der Waals surface area contributed by atoms with Crippen LogP contribution in [0.3, 0.4) is 0 Å². The van der Waals surface area contributed by atoms with Crippen molar-refractivity contribution in [1.29, 1.82) is 0 Å². The molecule has 0 aliphatic rings. The maximum atomic E-state index is 5.74. The third-order valence-corrected chi connectivity index (χ3v) is 3.24. The van der Waals surface area contributed by atoms with Crippen molar-refractivity contribution in [2.75, 3.05) is 0 Å². The van der Waals surface area contributed by atoms with Crippen LogP contribution in [0.25, 0.3) is 21.8 Å². The summed E-state index contributed by atoms with van der Waals surface area (Å²) < 4.78 is 11.0. The van der Waals surface area contributed by atoms with Crippen LogP contribution >= 0.6 is 11.3 Å². The molecule has 92 valence electrons. The van der Waals surface area contributed by atoms with Gasteiger partial charge in [0.2, 0.25) is 11.6 Å². The zero-order valence-electron chi connectivity index (χ0n) is 10.1. The number of fused-ring (bicyclic) bond motifs is 1. The minimum absolute atomic E-state index is 0.0577. The zero-order chi connectivity index (χ0) is 12.5. The third kappa shape index (κ3) is 1.97. The molecule has 0 unspecified atom stereocenters. The average Bonchev–Trinajstić information content (AvgIpc) is 2.97. The third-order valence-electron chi connectivity index (χ3n) is 2.36. The lowest BCUT2D eigenvalue weighted by Gasteiger charge is -2.11. The van der Waals surface area contributed by atoms with E-state index < -0.39 is 0 Å². The van der Waals surface area contributed by atoms with Gasteiger partial charge in [0.1, 0.15) is 11.2 Å². The molecule has 3 rings (SSSR count). The molecule has 18 heavy (non-hydrogen) atoms. The summed E-state index contributed by atoms with van der Waals surface area (Å²) in [7, 11) is 0. The minimum Gasteiger partial charge on any atom is -0.473 e. The summed E-state index contributed by atoms with van der Waals surface area (Å²) in [6.45, 7) is 3.94. The molecule has 0 saturated carbocycles. The second-order valence-electron chi connectivity index (χ2n) is 4.13. The minimum atomic E-state index is 0.0577. The van der Waals surface area contributed by atoms with Crippen LogP contribution in [0.2, 0.25) is 0 Å². The highest BCUT2D eigenvalue weighted by Gasteiger charge is 2.15. The summed E-state index contributed by atoms with van der Waals surface area (Å²) in [6, 6.07) is 5.76. The molecular weight excluding hydrogens is 248 g/mol. The lowest BCUT2D eigenvalue weighted by molar-refractivity contribution is 0.234. The van der Waals surface area contributed by atoms with Gasteiger partial charge in [0, 0.05) is 6.07 Å². The Balaban J connectivity index is 2.19. The first-order chi connectivity index (χ1) is 8.74. The number of nitrogens with zero attached hydrogens (tertiary/aromatic N) is 2. The van der Waals surface area contributed by atoms with E-state index in [1.807, 2.05) is 31.4 Å². The van der Waals surface area contributed by atoms with Crippen molar-refractivity contribution in [3.63, 3.8) is 0 Å². The van der Waals surface area contributed by atoms with Crippen LogP contribution in [-0.2, 0) is 0 Å². The van der Waals surface area contributed by atoms with E-state index in [9.17, 15) is 0 Å². The highest BCUT2D eigenvalue weighted by atomic mass is 32.1. The fraction of sp³-hybridized carbons (Fsp3) is 0.231. The molecule has 3 heterocycles. The summed E-state index contributed by atoms with van der Waals surface area (Å²) in [6.07, 6.45) is 1.64. The largest absolute Gasteiger partial charge is 0.473 e. The Kier molecular flexibility index (Phi) is 2.76. The highest BCUT2D eigenvalue weighted by molar-refractivity contribution is 7.13. The number of aromatic nitrogens is 2. The number of hydrogen-bond acceptors (Lipinski definition) is 5. The molecule has 0 radical (unpaired) electrons. The summed E-state index contributed by atoms with van der Waals surface area (Å²) in [5, 5.41) is 2.00. The molecule has 0 N–H and O–H groups in total. The molecule has 0 saturated heterocycles. The molecule has 0 bridgehead atoms. The van der Waals surface area contributed by atoms with E-state index in [1.165, 1.54) is 0 Å². The lowest BCUT2D eigenvalue weighted by atomic mass is 10.3. The van der Waals surface area contributed by atoms with Crippen molar-refractivity contribution in [3.05, 3.63) is 29.8 Å². The predicted molar refractivity (Wildman–Crippen MR) is 70.9 cm³/mol. The number of thiophene rings is 1. The standard InChI is InChI=1S/C13H12N2O2S/c1-8(2)17-13-11(10-4-3-7-18-10)15-12-9(14-13)5-6-16-12/h3-8H,1-2H3. The number of hydrogen-bond donors (Lipinski definition) is 0. The Labute approximate surface area is 108 Å². The fourth-order valence-electron chi connectivity index (χ4n) is 1.65. The van der Waals surface area contributed by atoms with Gasteiger partial charge in [0.05, 0.1) is 17.2 Å². The second-order valence-corrected chi connectivity index (χ2v) is 5.08. The van der Waals surface area contributed by atoms with Crippen LogP contribution in [0.15, 0.2) is 34.3 Å². The topological polar surface area (TPSA) is 48.2 Å². The van der Waals surface area contributed by atoms with Crippen molar-refractivity contribution >= 4 is 22.6 Å². The molecule has 4 nitrogen and oxygen atoms in total. The van der Waals surface area contributed by atoms with E-state index >= 15 is 0 Å². The monoisotopic (exact) mass is 260 g/mol. The van der Waals surface area contributed by atoms with Gasteiger partial charge in [-0.1, -0.05) is 6.07 Å². The van der Waals surface area contributed by atoms with E-state index in [0.29, 0.717) is 17.1 Å². The SMILES string of the molecule is CC(C)Oc1nc2ccoc2nc1-c1cccs1. The normalized spacial score (nSPS) is 11.3. The van der Waals surface area contributed by atoms with E-state index in [4.69, 9.17) is 9.15 Å². The van der Waals surface area contributed by atoms with Gasteiger partial charge >= 0.3 is 0 Å². The molecule has 0 aliphatic heterocycles. The summed E-state index contributed by atoms with van der Waals surface area (Å²) >= 11 is 1.60. The van der Waals surface area contributed by atoms with Crippen molar-refractivity contribution in [1.82, 2.24) is 9.97 Å². The Hall–Kier alpha value is -1.88. The van der Waals surface area contributed by atoms with Crippen molar-refractivity contribution in [2.45, 2.75) is 20.0 Å². The van der Waals surface area contributed by atoms with Gasteiger partial charge in [-0.2, -0.15) is 0 Å². The van der Waals surface area contributed by atoms with Gasteiger partial charge in [-0.3, -0.25) is 0 Å². The fourth-order valence-corrected chi connectivity index (χ4v) is 2.36. The lowest BCUT2D eigenvalue weighted by Crippen LogP contribution is -2.08. The van der Waals surface area contributed by atoms with Gasteiger partial charge in [-0.15, -0.1) is 11.3 Å². The molecule has 5 heteroatoms. The Bertz CT molecular complexity index is 659. The van der Waals surface area contributed by atoms with Crippen molar-refractivity contribution in [3.8, 4) is 16.5 Å². The van der Waals surface area contributed by atoms with Crippen molar-refractivity contribution < 1.29 is 9.15 Å². The second kappa shape index (κ2) is 4.42. The summed E-state index contributed by atoms with van der Waals surface area (Å²) in [4.78, 5) is 9.97. The molecule has 0 amide bonds. The van der Waals surface area contributed by atoms with Gasteiger partial charge in [0.15, 0.2) is 0 Å². The smallest absolute Gasteiger partial charge is 0.245 e. The van der Waals surface area contributed by atoms with E-state index in [2.05, 4.69) is 9.97 Å². The van der Waals surface area contributed by atoms with Gasteiger partial charge in [0.25, 0.3) is 0 Å². The quantitative estimate of drug-likeness (QED) is 0.719. The molecule has 0 spiro atoms. The van der Waals surface area contributed by atoms with Crippen LogP contribution in [0.4, 0.5) is 0 Å². The molecule has 0 atom stereocenters. The summed E-state index contributed by atoms with van der Waals surface area (Å²) in [5.74, 6) is 0.557.